The summed E-state index contributed by atoms with van der Waals surface area (Å²) in [5, 5.41) is 3.33. The van der Waals surface area contributed by atoms with Crippen molar-refractivity contribution in [3.63, 3.8) is 0 Å². The first kappa shape index (κ1) is 10.9. The summed E-state index contributed by atoms with van der Waals surface area (Å²) >= 11 is 0. The fourth-order valence-corrected chi connectivity index (χ4v) is 1.94. The summed E-state index contributed by atoms with van der Waals surface area (Å²) < 4.78 is 0. The molecule has 1 amide bonds. The van der Waals surface area contributed by atoms with Crippen LogP contribution in [0.5, 0.6) is 0 Å². The summed E-state index contributed by atoms with van der Waals surface area (Å²) in [7, 11) is 1.77. The molecule has 1 aliphatic rings. The minimum atomic E-state index is -0.0799. The standard InChI is InChI=1S/C13H16N2O/c1-3-13(16)15(2)12-5-4-10-6-7-14-9-11(10)8-12/h3-5,8,14H,1,6-7,9H2,2H3. The van der Waals surface area contributed by atoms with Crippen molar-refractivity contribution in [2.24, 2.45) is 0 Å². The number of carbonyl (C=O) groups is 1. The summed E-state index contributed by atoms with van der Waals surface area (Å²) in [6.45, 7) is 5.41. The number of hydrogen-bond acceptors (Lipinski definition) is 2. The molecule has 16 heavy (non-hydrogen) atoms. The van der Waals surface area contributed by atoms with E-state index in [1.807, 2.05) is 6.07 Å². The van der Waals surface area contributed by atoms with Gasteiger partial charge in [0.1, 0.15) is 0 Å². The maximum Gasteiger partial charge on any atom is 0.250 e. The van der Waals surface area contributed by atoms with Gasteiger partial charge in [-0.2, -0.15) is 0 Å². The van der Waals surface area contributed by atoms with E-state index in [2.05, 4.69) is 24.0 Å². The number of anilines is 1. The number of benzene rings is 1. The fraction of sp³-hybridized carbons (Fsp3) is 0.308. The highest BCUT2D eigenvalue weighted by molar-refractivity contribution is 6.00. The molecule has 0 saturated carbocycles. The number of likely N-dealkylation sites (N-methyl/N-ethyl adjacent to an activating group) is 1. The van der Waals surface area contributed by atoms with E-state index in [9.17, 15) is 4.79 Å². The number of rotatable bonds is 2. The molecule has 1 aromatic carbocycles. The SMILES string of the molecule is C=CC(=O)N(C)c1ccc2c(c1)CNCC2. The molecule has 3 nitrogen and oxygen atoms in total. The van der Waals surface area contributed by atoms with Crippen LogP contribution >= 0.6 is 0 Å². The van der Waals surface area contributed by atoms with Gasteiger partial charge < -0.3 is 10.2 Å². The van der Waals surface area contributed by atoms with Gasteiger partial charge in [0.2, 0.25) is 5.91 Å². The van der Waals surface area contributed by atoms with Crippen LogP contribution in [0.1, 0.15) is 11.1 Å². The van der Waals surface area contributed by atoms with Gasteiger partial charge in [0, 0.05) is 19.3 Å². The quantitative estimate of drug-likeness (QED) is 0.759. The van der Waals surface area contributed by atoms with Crippen LogP contribution in [-0.2, 0) is 17.8 Å². The summed E-state index contributed by atoms with van der Waals surface area (Å²) in [5.74, 6) is -0.0799. The molecule has 1 aliphatic heterocycles. The third kappa shape index (κ3) is 1.99. The van der Waals surface area contributed by atoms with Crippen molar-refractivity contribution < 1.29 is 4.79 Å². The Labute approximate surface area is 95.8 Å². The lowest BCUT2D eigenvalue weighted by Gasteiger charge is -2.21. The van der Waals surface area contributed by atoms with Crippen LogP contribution in [-0.4, -0.2) is 19.5 Å². The van der Waals surface area contributed by atoms with Gasteiger partial charge in [0.05, 0.1) is 0 Å². The Kier molecular flexibility index (Phi) is 3.06. The third-order valence-corrected chi connectivity index (χ3v) is 2.97. The van der Waals surface area contributed by atoms with Crippen molar-refractivity contribution in [2.75, 3.05) is 18.5 Å². The van der Waals surface area contributed by atoms with Crippen molar-refractivity contribution in [2.45, 2.75) is 13.0 Å². The monoisotopic (exact) mass is 216 g/mol. The Morgan fingerprint density at radius 2 is 2.31 bits per heavy atom. The van der Waals surface area contributed by atoms with E-state index in [1.54, 1.807) is 11.9 Å². The molecular weight excluding hydrogens is 200 g/mol. The average Bonchev–Trinajstić information content (AvgIpc) is 2.36. The zero-order valence-corrected chi connectivity index (χ0v) is 9.49. The van der Waals surface area contributed by atoms with E-state index >= 15 is 0 Å². The summed E-state index contributed by atoms with van der Waals surface area (Å²) in [6.07, 6.45) is 2.40. The van der Waals surface area contributed by atoms with Gasteiger partial charge in [-0.3, -0.25) is 4.79 Å². The molecule has 1 aromatic rings. The summed E-state index contributed by atoms with van der Waals surface area (Å²) in [5.41, 5.74) is 3.58. The molecule has 1 heterocycles. The van der Waals surface area contributed by atoms with Crippen molar-refractivity contribution in [3.8, 4) is 0 Å². The molecule has 84 valence electrons. The van der Waals surface area contributed by atoms with Gasteiger partial charge in [-0.05, 0) is 42.3 Å². The van der Waals surface area contributed by atoms with Crippen molar-refractivity contribution >= 4 is 11.6 Å². The Morgan fingerprint density at radius 1 is 1.50 bits per heavy atom. The number of nitrogens with zero attached hydrogens (tertiary/aromatic N) is 1. The van der Waals surface area contributed by atoms with Crippen molar-refractivity contribution in [3.05, 3.63) is 42.0 Å². The second-order valence-electron chi connectivity index (χ2n) is 3.98. The van der Waals surface area contributed by atoms with E-state index in [0.29, 0.717) is 0 Å². The van der Waals surface area contributed by atoms with E-state index in [1.165, 1.54) is 17.2 Å². The number of carbonyl (C=O) groups excluding carboxylic acids is 1. The Hall–Kier alpha value is -1.61. The number of nitrogens with one attached hydrogen (secondary N) is 1. The van der Waals surface area contributed by atoms with Gasteiger partial charge in [-0.15, -0.1) is 0 Å². The van der Waals surface area contributed by atoms with Gasteiger partial charge in [-0.1, -0.05) is 12.6 Å². The molecule has 0 saturated heterocycles. The molecule has 0 spiro atoms. The molecule has 0 fully saturated rings. The second kappa shape index (κ2) is 4.49. The van der Waals surface area contributed by atoms with Crippen LogP contribution in [0.15, 0.2) is 30.9 Å². The first-order valence-electron chi connectivity index (χ1n) is 5.45. The molecule has 0 bridgehead atoms. The molecule has 1 N–H and O–H groups in total. The number of hydrogen-bond donors (Lipinski definition) is 1. The molecule has 0 radical (unpaired) electrons. The third-order valence-electron chi connectivity index (χ3n) is 2.97. The normalized spacial score (nSPS) is 14.1. The second-order valence-corrected chi connectivity index (χ2v) is 3.98. The van der Waals surface area contributed by atoms with Gasteiger partial charge >= 0.3 is 0 Å². The molecule has 0 aliphatic carbocycles. The molecule has 0 atom stereocenters. The fourth-order valence-electron chi connectivity index (χ4n) is 1.94. The molecule has 0 unspecified atom stereocenters. The zero-order chi connectivity index (χ0) is 11.5. The first-order chi connectivity index (χ1) is 7.72. The smallest absolute Gasteiger partial charge is 0.250 e. The predicted molar refractivity (Wildman–Crippen MR) is 65.5 cm³/mol. The zero-order valence-electron chi connectivity index (χ0n) is 9.49. The molecule has 2 rings (SSSR count). The number of amides is 1. The molecular formula is C13H16N2O. The van der Waals surface area contributed by atoms with Gasteiger partial charge in [0.15, 0.2) is 0 Å². The Balaban J connectivity index is 2.29. The van der Waals surface area contributed by atoms with Gasteiger partial charge in [-0.25, -0.2) is 0 Å². The van der Waals surface area contributed by atoms with E-state index < -0.39 is 0 Å². The van der Waals surface area contributed by atoms with Crippen LogP contribution in [0.3, 0.4) is 0 Å². The highest BCUT2D eigenvalue weighted by Crippen LogP contribution is 2.21. The van der Waals surface area contributed by atoms with Crippen LogP contribution in [0.25, 0.3) is 0 Å². The lowest BCUT2D eigenvalue weighted by molar-refractivity contribution is -0.113. The maximum atomic E-state index is 11.5. The highest BCUT2D eigenvalue weighted by atomic mass is 16.2. The Morgan fingerprint density at radius 3 is 3.06 bits per heavy atom. The lowest BCUT2D eigenvalue weighted by atomic mass is 10.0. The van der Waals surface area contributed by atoms with Crippen LogP contribution < -0.4 is 10.2 Å². The maximum absolute atomic E-state index is 11.5. The first-order valence-corrected chi connectivity index (χ1v) is 5.45. The molecule has 0 aromatic heterocycles. The van der Waals surface area contributed by atoms with E-state index in [4.69, 9.17) is 0 Å². The predicted octanol–water partition coefficient (Wildman–Crippen LogP) is 1.48. The lowest BCUT2D eigenvalue weighted by Crippen LogP contribution is -2.26. The van der Waals surface area contributed by atoms with E-state index in [-0.39, 0.29) is 5.91 Å². The molecule has 3 heteroatoms. The largest absolute Gasteiger partial charge is 0.312 e. The Bertz CT molecular complexity index is 426. The highest BCUT2D eigenvalue weighted by Gasteiger charge is 2.12. The van der Waals surface area contributed by atoms with Crippen LogP contribution in [0.2, 0.25) is 0 Å². The number of fused-ring (bicyclic) bond motifs is 1. The van der Waals surface area contributed by atoms with Crippen molar-refractivity contribution in [1.82, 2.24) is 5.32 Å². The van der Waals surface area contributed by atoms with Crippen molar-refractivity contribution in [1.29, 1.82) is 0 Å². The minimum absolute atomic E-state index is 0.0799. The minimum Gasteiger partial charge on any atom is -0.312 e. The topological polar surface area (TPSA) is 32.3 Å². The average molecular weight is 216 g/mol. The van der Waals surface area contributed by atoms with Gasteiger partial charge in [0.25, 0.3) is 0 Å². The van der Waals surface area contributed by atoms with Crippen LogP contribution in [0.4, 0.5) is 5.69 Å². The summed E-state index contributed by atoms with van der Waals surface area (Å²) in [4.78, 5) is 13.1. The summed E-state index contributed by atoms with van der Waals surface area (Å²) in [6, 6.07) is 6.17. The van der Waals surface area contributed by atoms with E-state index in [0.717, 1.165) is 25.2 Å². The van der Waals surface area contributed by atoms with Crippen LogP contribution in [0, 0.1) is 0 Å².